The second-order valence-electron chi connectivity index (χ2n) is 4.16. The van der Waals surface area contributed by atoms with Gasteiger partial charge in [-0.3, -0.25) is 11.3 Å². The Balaban J connectivity index is 2.65. The first-order valence-electron chi connectivity index (χ1n) is 5.77. The van der Waals surface area contributed by atoms with Crippen LogP contribution in [0.4, 0.5) is 0 Å². The standard InChI is InChI=1S/C13H22N2S/c1-4-16-9-13(15-14)8-12-7-10(2)5-6-11(12)3/h5-7,13,15H,4,8-9,14H2,1-3H3. The molecule has 1 aromatic carbocycles. The van der Waals surface area contributed by atoms with E-state index >= 15 is 0 Å². The van der Waals surface area contributed by atoms with Gasteiger partial charge in [-0.15, -0.1) is 0 Å². The maximum atomic E-state index is 5.59. The molecule has 16 heavy (non-hydrogen) atoms. The fraction of sp³-hybridized carbons (Fsp3) is 0.538. The lowest BCUT2D eigenvalue weighted by Gasteiger charge is -2.17. The highest BCUT2D eigenvalue weighted by molar-refractivity contribution is 7.99. The van der Waals surface area contributed by atoms with Crippen LogP contribution in [-0.2, 0) is 6.42 Å². The number of hydrogen-bond donors (Lipinski definition) is 2. The van der Waals surface area contributed by atoms with Crippen molar-refractivity contribution in [3.63, 3.8) is 0 Å². The second-order valence-corrected chi connectivity index (χ2v) is 5.48. The number of rotatable bonds is 6. The number of thioether (sulfide) groups is 1. The molecule has 0 fully saturated rings. The van der Waals surface area contributed by atoms with Crippen LogP contribution in [-0.4, -0.2) is 17.5 Å². The normalized spacial score (nSPS) is 12.8. The molecule has 0 aliphatic heterocycles. The van der Waals surface area contributed by atoms with Crippen molar-refractivity contribution < 1.29 is 0 Å². The van der Waals surface area contributed by atoms with Gasteiger partial charge in [0.2, 0.25) is 0 Å². The van der Waals surface area contributed by atoms with Crippen molar-refractivity contribution >= 4 is 11.8 Å². The zero-order chi connectivity index (χ0) is 12.0. The van der Waals surface area contributed by atoms with Gasteiger partial charge in [-0.05, 0) is 37.1 Å². The van der Waals surface area contributed by atoms with Gasteiger partial charge in [0.1, 0.15) is 0 Å². The molecule has 1 unspecified atom stereocenters. The first kappa shape index (κ1) is 13.6. The van der Waals surface area contributed by atoms with Gasteiger partial charge in [0.25, 0.3) is 0 Å². The van der Waals surface area contributed by atoms with Crippen molar-refractivity contribution in [1.82, 2.24) is 5.43 Å². The molecule has 0 saturated heterocycles. The van der Waals surface area contributed by atoms with E-state index < -0.39 is 0 Å². The van der Waals surface area contributed by atoms with E-state index in [1.54, 1.807) is 0 Å². The first-order valence-corrected chi connectivity index (χ1v) is 6.92. The zero-order valence-electron chi connectivity index (χ0n) is 10.4. The van der Waals surface area contributed by atoms with Crippen LogP contribution in [0.1, 0.15) is 23.6 Å². The minimum Gasteiger partial charge on any atom is -0.271 e. The van der Waals surface area contributed by atoms with E-state index in [4.69, 9.17) is 5.84 Å². The molecule has 1 rings (SSSR count). The lowest BCUT2D eigenvalue weighted by molar-refractivity contribution is 0.574. The van der Waals surface area contributed by atoms with Crippen LogP contribution in [0.25, 0.3) is 0 Å². The van der Waals surface area contributed by atoms with Gasteiger partial charge in [0.05, 0.1) is 0 Å². The molecule has 0 aromatic heterocycles. The van der Waals surface area contributed by atoms with E-state index in [2.05, 4.69) is 44.4 Å². The molecule has 0 aliphatic rings. The predicted molar refractivity (Wildman–Crippen MR) is 73.7 cm³/mol. The van der Waals surface area contributed by atoms with Crippen LogP contribution in [0.2, 0.25) is 0 Å². The van der Waals surface area contributed by atoms with Gasteiger partial charge in [-0.25, -0.2) is 0 Å². The summed E-state index contributed by atoms with van der Waals surface area (Å²) in [5.74, 6) is 7.80. The molecule has 0 saturated carbocycles. The fourth-order valence-corrected chi connectivity index (χ4v) is 2.45. The number of hydrogen-bond acceptors (Lipinski definition) is 3. The van der Waals surface area contributed by atoms with Gasteiger partial charge in [-0.1, -0.05) is 30.7 Å². The molecular weight excluding hydrogens is 216 g/mol. The molecule has 0 bridgehead atoms. The maximum absolute atomic E-state index is 5.59. The highest BCUT2D eigenvalue weighted by Gasteiger charge is 2.09. The van der Waals surface area contributed by atoms with E-state index in [9.17, 15) is 0 Å². The predicted octanol–water partition coefficient (Wildman–Crippen LogP) is 2.43. The second kappa shape index (κ2) is 6.94. The molecule has 0 spiro atoms. The highest BCUT2D eigenvalue weighted by atomic mass is 32.2. The third-order valence-corrected chi connectivity index (χ3v) is 3.78. The molecule has 0 heterocycles. The molecule has 1 atom stereocenters. The Morgan fingerprint density at radius 2 is 2.12 bits per heavy atom. The minimum atomic E-state index is 0.366. The third kappa shape index (κ3) is 4.16. The van der Waals surface area contributed by atoms with Crippen molar-refractivity contribution in [3.05, 3.63) is 34.9 Å². The van der Waals surface area contributed by atoms with E-state index in [1.165, 1.54) is 16.7 Å². The molecule has 0 radical (unpaired) electrons. The number of nitrogens with one attached hydrogen (secondary N) is 1. The monoisotopic (exact) mass is 238 g/mol. The summed E-state index contributed by atoms with van der Waals surface area (Å²) in [6, 6.07) is 6.97. The third-order valence-electron chi connectivity index (χ3n) is 2.73. The largest absolute Gasteiger partial charge is 0.271 e. The Morgan fingerprint density at radius 1 is 1.38 bits per heavy atom. The van der Waals surface area contributed by atoms with Crippen molar-refractivity contribution in [2.45, 2.75) is 33.2 Å². The molecular formula is C13H22N2S. The van der Waals surface area contributed by atoms with Crippen molar-refractivity contribution in [3.8, 4) is 0 Å². The number of hydrazine groups is 1. The summed E-state index contributed by atoms with van der Waals surface area (Å²) in [6.07, 6.45) is 1.01. The molecule has 0 amide bonds. The number of nitrogens with two attached hydrogens (primary N) is 1. The van der Waals surface area contributed by atoms with E-state index in [-0.39, 0.29) is 0 Å². The van der Waals surface area contributed by atoms with Gasteiger partial charge in [-0.2, -0.15) is 11.8 Å². The molecule has 90 valence electrons. The molecule has 0 aliphatic carbocycles. The van der Waals surface area contributed by atoms with Crippen LogP contribution in [0.15, 0.2) is 18.2 Å². The SMILES string of the molecule is CCSCC(Cc1cc(C)ccc1C)NN. The van der Waals surface area contributed by atoms with Gasteiger partial charge in [0, 0.05) is 11.8 Å². The molecule has 1 aromatic rings. The quantitative estimate of drug-likeness (QED) is 0.590. The first-order chi connectivity index (χ1) is 7.67. The molecule has 3 N–H and O–H groups in total. The summed E-state index contributed by atoms with van der Waals surface area (Å²) in [7, 11) is 0. The van der Waals surface area contributed by atoms with E-state index in [1.807, 2.05) is 11.8 Å². The van der Waals surface area contributed by atoms with Crippen molar-refractivity contribution in [2.75, 3.05) is 11.5 Å². The van der Waals surface area contributed by atoms with E-state index in [0.29, 0.717) is 6.04 Å². The summed E-state index contributed by atoms with van der Waals surface area (Å²) in [5.41, 5.74) is 6.99. The maximum Gasteiger partial charge on any atom is 0.0341 e. The highest BCUT2D eigenvalue weighted by Crippen LogP contribution is 2.14. The lowest BCUT2D eigenvalue weighted by atomic mass is 10.00. The Bertz CT molecular complexity index is 326. The summed E-state index contributed by atoms with van der Waals surface area (Å²) in [6.45, 7) is 6.47. The van der Waals surface area contributed by atoms with Crippen LogP contribution in [0.5, 0.6) is 0 Å². The Labute approximate surface area is 103 Å². The summed E-state index contributed by atoms with van der Waals surface area (Å²) in [4.78, 5) is 0. The average molecular weight is 238 g/mol. The average Bonchev–Trinajstić information content (AvgIpc) is 2.28. The molecule has 3 heteroatoms. The zero-order valence-corrected chi connectivity index (χ0v) is 11.2. The van der Waals surface area contributed by atoms with E-state index in [0.717, 1.165) is 17.9 Å². The summed E-state index contributed by atoms with van der Waals surface area (Å²) >= 11 is 1.93. The minimum absolute atomic E-state index is 0.366. The Hall–Kier alpha value is -0.510. The van der Waals surface area contributed by atoms with Crippen LogP contribution < -0.4 is 11.3 Å². The van der Waals surface area contributed by atoms with Gasteiger partial charge < -0.3 is 0 Å². The van der Waals surface area contributed by atoms with Crippen LogP contribution in [0.3, 0.4) is 0 Å². The van der Waals surface area contributed by atoms with Crippen LogP contribution in [0, 0.1) is 13.8 Å². The number of benzene rings is 1. The number of aryl methyl sites for hydroxylation is 2. The summed E-state index contributed by atoms with van der Waals surface area (Å²) in [5, 5.41) is 0. The topological polar surface area (TPSA) is 38.0 Å². The van der Waals surface area contributed by atoms with Crippen molar-refractivity contribution in [1.29, 1.82) is 0 Å². The van der Waals surface area contributed by atoms with Gasteiger partial charge in [0.15, 0.2) is 0 Å². The molecule has 2 nitrogen and oxygen atoms in total. The smallest absolute Gasteiger partial charge is 0.0341 e. The van der Waals surface area contributed by atoms with Crippen LogP contribution >= 0.6 is 11.8 Å². The van der Waals surface area contributed by atoms with Gasteiger partial charge >= 0.3 is 0 Å². The van der Waals surface area contributed by atoms with Crippen molar-refractivity contribution in [2.24, 2.45) is 5.84 Å². The Kier molecular flexibility index (Phi) is 5.88. The Morgan fingerprint density at radius 3 is 2.75 bits per heavy atom. The fourth-order valence-electron chi connectivity index (χ4n) is 1.71. The lowest BCUT2D eigenvalue weighted by Crippen LogP contribution is -2.38. The summed E-state index contributed by atoms with van der Waals surface area (Å²) < 4.78 is 0.